The Labute approximate surface area is 144 Å². The Hall–Kier alpha value is -3.02. The molecule has 0 radical (unpaired) electrons. The van der Waals surface area contributed by atoms with Crippen molar-refractivity contribution in [3.8, 4) is 0 Å². The summed E-state index contributed by atoms with van der Waals surface area (Å²) < 4.78 is 26.3. The minimum absolute atomic E-state index is 0.179. The molecule has 0 aliphatic carbocycles. The third-order valence-corrected chi connectivity index (χ3v) is 3.45. The van der Waals surface area contributed by atoms with E-state index in [9.17, 15) is 18.4 Å². The lowest BCUT2D eigenvalue weighted by molar-refractivity contribution is -0.126. The molecule has 0 aliphatic heterocycles. The highest BCUT2D eigenvalue weighted by molar-refractivity contribution is 5.87. The van der Waals surface area contributed by atoms with Gasteiger partial charge >= 0.3 is 0 Å². The van der Waals surface area contributed by atoms with Gasteiger partial charge in [0, 0.05) is 6.07 Å². The summed E-state index contributed by atoms with van der Waals surface area (Å²) in [5.74, 6) is -2.75. The molecule has 0 aliphatic rings. The maximum atomic E-state index is 13.1. The molecule has 0 fully saturated rings. The summed E-state index contributed by atoms with van der Waals surface area (Å²) in [6.07, 6.45) is 3.51. The van der Waals surface area contributed by atoms with Crippen LogP contribution in [-0.2, 0) is 16.0 Å². The Kier molecular flexibility index (Phi) is 6.39. The van der Waals surface area contributed by atoms with E-state index in [1.165, 1.54) is 0 Å². The van der Waals surface area contributed by atoms with Crippen LogP contribution >= 0.6 is 0 Å². The topological polar surface area (TPSA) is 72.2 Å². The van der Waals surface area contributed by atoms with Crippen molar-refractivity contribution in [1.82, 2.24) is 5.32 Å². The molecule has 2 aromatic rings. The molecule has 2 amide bonds. The van der Waals surface area contributed by atoms with Gasteiger partial charge in [0.05, 0.1) is 6.42 Å². The van der Waals surface area contributed by atoms with Gasteiger partial charge in [-0.1, -0.05) is 42.5 Å². The number of amides is 2. The summed E-state index contributed by atoms with van der Waals surface area (Å²) in [6.45, 7) is 0. The van der Waals surface area contributed by atoms with Crippen LogP contribution in [0.2, 0.25) is 0 Å². The highest BCUT2D eigenvalue weighted by atomic mass is 19.1. The quantitative estimate of drug-likeness (QED) is 0.810. The third-order valence-electron chi connectivity index (χ3n) is 3.45. The summed E-state index contributed by atoms with van der Waals surface area (Å²) in [5.41, 5.74) is 6.43. The first-order chi connectivity index (χ1) is 11.9. The third kappa shape index (κ3) is 6.18. The van der Waals surface area contributed by atoms with E-state index in [1.54, 1.807) is 6.08 Å². The van der Waals surface area contributed by atoms with Gasteiger partial charge in [-0.2, -0.15) is 0 Å². The molecule has 130 valence electrons. The first kappa shape index (κ1) is 18.3. The van der Waals surface area contributed by atoms with Crippen molar-refractivity contribution in [3.05, 3.63) is 77.4 Å². The zero-order valence-corrected chi connectivity index (χ0v) is 13.4. The second kappa shape index (κ2) is 8.73. The fourth-order valence-electron chi connectivity index (χ4n) is 2.29. The Morgan fingerprint density at radius 2 is 1.72 bits per heavy atom. The average Bonchev–Trinajstić information content (AvgIpc) is 2.53. The standard InChI is InChI=1S/C19H18F2N2O2/c20-15-9-14(10-16(21)12-15)11-18(24)23-17(19(22)25)8-4-7-13-5-2-1-3-6-13/h1-7,9-10,12,17H,8,11H2,(H2,22,25)(H,23,24)/b7-4+/t17-/m0/s1. The first-order valence-corrected chi connectivity index (χ1v) is 7.69. The van der Waals surface area contributed by atoms with E-state index in [1.807, 2.05) is 36.4 Å². The molecule has 25 heavy (non-hydrogen) atoms. The van der Waals surface area contributed by atoms with Gasteiger partial charge in [-0.3, -0.25) is 9.59 Å². The van der Waals surface area contributed by atoms with Crippen LogP contribution in [0, 0.1) is 11.6 Å². The molecule has 0 bridgehead atoms. The van der Waals surface area contributed by atoms with E-state index in [0.717, 1.165) is 23.8 Å². The van der Waals surface area contributed by atoms with E-state index in [2.05, 4.69) is 5.32 Å². The van der Waals surface area contributed by atoms with Crippen LogP contribution in [0.15, 0.2) is 54.6 Å². The molecule has 4 nitrogen and oxygen atoms in total. The maximum Gasteiger partial charge on any atom is 0.240 e. The lowest BCUT2D eigenvalue weighted by Gasteiger charge is -2.13. The number of rotatable bonds is 7. The van der Waals surface area contributed by atoms with Crippen LogP contribution in [0.3, 0.4) is 0 Å². The van der Waals surface area contributed by atoms with E-state index in [-0.39, 0.29) is 18.4 Å². The minimum atomic E-state index is -0.897. The highest BCUT2D eigenvalue weighted by Crippen LogP contribution is 2.09. The number of carbonyl (C=O) groups is 2. The van der Waals surface area contributed by atoms with Crippen LogP contribution in [0.4, 0.5) is 8.78 Å². The van der Waals surface area contributed by atoms with Crippen LogP contribution in [-0.4, -0.2) is 17.9 Å². The van der Waals surface area contributed by atoms with Crippen LogP contribution in [0.5, 0.6) is 0 Å². The van der Waals surface area contributed by atoms with Crippen molar-refractivity contribution in [1.29, 1.82) is 0 Å². The van der Waals surface area contributed by atoms with Gasteiger partial charge in [-0.05, 0) is 29.7 Å². The Morgan fingerprint density at radius 1 is 1.08 bits per heavy atom. The molecule has 0 saturated carbocycles. The van der Waals surface area contributed by atoms with Crippen LogP contribution < -0.4 is 11.1 Å². The van der Waals surface area contributed by atoms with Crippen molar-refractivity contribution >= 4 is 17.9 Å². The van der Waals surface area contributed by atoms with Gasteiger partial charge in [0.2, 0.25) is 11.8 Å². The van der Waals surface area contributed by atoms with E-state index >= 15 is 0 Å². The van der Waals surface area contributed by atoms with Crippen molar-refractivity contribution < 1.29 is 18.4 Å². The van der Waals surface area contributed by atoms with Gasteiger partial charge in [0.15, 0.2) is 0 Å². The van der Waals surface area contributed by atoms with Gasteiger partial charge in [-0.25, -0.2) is 8.78 Å². The summed E-state index contributed by atoms with van der Waals surface area (Å²) in [6, 6.07) is 11.4. The number of benzene rings is 2. The summed E-state index contributed by atoms with van der Waals surface area (Å²) in [5, 5.41) is 2.48. The summed E-state index contributed by atoms with van der Waals surface area (Å²) >= 11 is 0. The Morgan fingerprint density at radius 3 is 2.32 bits per heavy atom. The molecule has 1 atom stereocenters. The number of nitrogens with one attached hydrogen (secondary N) is 1. The Balaban J connectivity index is 1.95. The number of hydrogen-bond donors (Lipinski definition) is 2. The fraction of sp³-hybridized carbons (Fsp3) is 0.158. The maximum absolute atomic E-state index is 13.1. The fourth-order valence-corrected chi connectivity index (χ4v) is 2.29. The molecule has 0 spiro atoms. The molecule has 0 heterocycles. The highest BCUT2D eigenvalue weighted by Gasteiger charge is 2.17. The molecule has 0 aromatic heterocycles. The van der Waals surface area contributed by atoms with Gasteiger partial charge in [-0.15, -0.1) is 0 Å². The van der Waals surface area contributed by atoms with Crippen molar-refractivity contribution in [3.63, 3.8) is 0 Å². The molecule has 3 N–H and O–H groups in total. The second-order valence-electron chi connectivity index (χ2n) is 5.53. The normalized spacial score (nSPS) is 12.1. The lowest BCUT2D eigenvalue weighted by atomic mass is 10.1. The lowest BCUT2D eigenvalue weighted by Crippen LogP contribution is -2.44. The molecular formula is C19H18F2N2O2. The van der Waals surface area contributed by atoms with Gasteiger partial charge < -0.3 is 11.1 Å². The molecule has 6 heteroatoms. The predicted molar refractivity (Wildman–Crippen MR) is 91.3 cm³/mol. The molecule has 2 aromatic carbocycles. The predicted octanol–water partition coefficient (Wildman–Crippen LogP) is 2.58. The number of primary amides is 1. The van der Waals surface area contributed by atoms with Crippen LogP contribution in [0.1, 0.15) is 17.5 Å². The monoisotopic (exact) mass is 344 g/mol. The average molecular weight is 344 g/mol. The second-order valence-corrected chi connectivity index (χ2v) is 5.53. The van der Waals surface area contributed by atoms with Crippen molar-refractivity contribution in [2.45, 2.75) is 18.9 Å². The van der Waals surface area contributed by atoms with Crippen molar-refractivity contribution in [2.75, 3.05) is 0 Å². The van der Waals surface area contributed by atoms with E-state index in [4.69, 9.17) is 5.73 Å². The van der Waals surface area contributed by atoms with Gasteiger partial charge in [0.25, 0.3) is 0 Å². The van der Waals surface area contributed by atoms with Crippen LogP contribution in [0.25, 0.3) is 6.08 Å². The smallest absolute Gasteiger partial charge is 0.240 e. The number of halogens is 2. The molecule has 2 rings (SSSR count). The summed E-state index contributed by atoms with van der Waals surface area (Å²) in [4.78, 5) is 23.5. The zero-order valence-electron chi connectivity index (χ0n) is 13.4. The SMILES string of the molecule is NC(=O)[C@H](C/C=C/c1ccccc1)NC(=O)Cc1cc(F)cc(F)c1. The number of hydrogen-bond acceptors (Lipinski definition) is 2. The van der Waals surface area contributed by atoms with E-state index in [0.29, 0.717) is 0 Å². The zero-order chi connectivity index (χ0) is 18.2. The number of nitrogens with two attached hydrogens (primary N) is 1. The molecule has 0 unspecified atom stereocenters. The molecule has 0 saturated heterocycles. The van der Waals surface area contributed by atoms with Gasteiger partial charge in [0.1, 0.15) is 17.7 Å². The molecular weight excluding hydrogens is 326 g/mol. The Bertz CT molecular complexity index is 756. The number of carbonyl (C=O) groups excluding carboxylic acids is 2. The van der Waals surface area contributed by atoms with E-state index < -0.39 is 29.5 Å². The van der Waals surface area contributed by atoms with Crippen molar-refractivity contribution in [2.24, 2.45) is 5.73 Å². The largest absolute Gasteiger partial charge is 0.368 e. The minimum Gasteiger partial charge on any atom is -0.368 e. The first-order valence-electron chi connectivity index (χ1n) is 7.69. The summed E-state index contributed by atoms with van der Waals surface area (Å²) in [7, 11) is 0.